The van der Waals surface area contributed by atoms with Crippen molar-refractivity contribution in [2.75, 3.05) is 14.2 Å². The Morgan fingerprint density at radius 2 is 1.91 bits per heavy atom. The summed E-state index contributed by atoms with van der Waals surface area (Å²) < 4.78 is 23.8. The van der Waals surface area contributed by atoms with Crippen LogP contribution >= 0.6 is 0 Å². The van der Waals surface area contributed by atoms with E-state index in [9.17, 15) is 14.0 Å². The maximum atomic E-state index is 13.4. The van der Waals surface area contributed by atoms with Crippen LogP contribution in [0.3, 0.4) is 0 Å². The van der Waals surface area contributed by atoms with Crippen LogP contribution in [0.4, 0.5) is 4.39 Å². The van der Waals surface area contributed by atoms with Gasteiger partial charge in [-0.3, -0.25) is 10.1 Å². The zero-order chi connectivity index (χ0) is 22.7. The van der Waals surface area contributed by atoms with E-state index >= 15 is 0 Å². The van der Waals surface area contributed by atoms with Crippen molar-refractivity contribution in [1.82, 2.24) is 10.2 Å². The van der Waals surface area contributed by atoms with Gasteiger partial charge in [0.1, 0.15) is 23.8 Å². The van der Waals surface area contributed by atoms with Crippen molar-refractivity contribution in [3.63, 3.8) is 0 Å². The highest BCUT2D eigenvalue weighted by Crippen LogP contribution is 2.37. The summed E-state index contributed by atoms with van der Waals surface area (Å²) in [5.74, 6) is -0.174. The Hall–Kier alpha value is -3.19. The number of carbonyl (C=O) groups excluding carboxylic acids is 2. The monoisotopic (exact) mass is 438 g/mol. The topological polar surface area (TPSA) is 67.9 Å². The molecular formula is C25H27FN2O4. The predicted octanol–water partition coefficient (Wildman–Crippen LogP) is 3.88. The molecule has 7 heteroatoms. The number of carbonyl (C=O) groups is 2. The Labute approximate surface area is 187 Å². The summed E-state index contributed by atoms with van der Waals surface area (Å²) in [6.07, 6.45) is 3.05. The third-order valence-electron chi connectivity index (χ3n) is 6.13. The van der Waals surface area contributed by atoms with Crippen molar-refractivity contribution >= 4 is 11.9 Å². The first kappa shape index (κ1) is 22.0. The minimum Gasteiger partial charge on any atom is -0.497 e. The van der Waals surface area contributed by atoms with E-state index in [4.69, 9.17) is 9.47 Å². The van der Waals surface area contributed by atoms with Crippen LogP contribution in [-0.2, 0) is 20.9 Å². The fraction of sp³-hybridized carbons (Fsp3) is 0.360. The number of nitrogens with one attached hydrogen (secondary N) is 1. The van der Waals surface area contributed by atoms with Gasteiger partial charge in [-0.15, -0.1) is 0 Å². The first-order valence-corrected chi connectivity index (χ1v) is 10.8. The number of nitrogens with zero attached hydrogens (tertiary/aromatic N) is 1. The number of ether oxygens (including phenoxy) is 2. The molecule has 4 rings (SSSR count). The molecule has 0 saturated heterocycles. The highest BCUT2D eigenvalue weighted by atomic mass is 19.1. The van der Waals surface area contributed by atoms with E-state index in [1.807, 2.05) is 12.1 Å². The van der Waals surface area contributed by atoms with Crippen LogP contribution in [0.1, 0.15) is 42.9 Å². The molecule has 1 N–H and O–H groups in total. The molecule has 0 saturated carbocycles. The van der Waals surface area contributed by atoms with E-state index in [1.54, 1.807) is 36.3 Å². The summed E-state index contributed by atoms with van der Waals surface area (Å²) in [7, 11) is 2.91. The number of hydrogen-bond acceptors (Lipinski definition) is 5. The van der Waals surface area contributed by atoms with Crippen LogP contribution in [0, 0.1) is 5.82 Å². The molecule has 0 spiro atoms. The largest absolute Gasteiger partial charge is 0.497 e. The van der Waals surface area contributed by atoms with E-state index in [-0.39, 0.29) is 11.7 Å². The molecule has 1 heterocycles. The second-order valence-electron chi connectivity index (χ2n) is 8.07. The van der Waals surface area contributed by atoms with Crippen LogP contribution in [0.25, 0.3) is 0 Å². The van der Waals surface area contributed by atoms with Crippen molar-refractivity contribution in [3.8, 4) is 5.75 Å². The van der Waals surface area contributed by atoms with Crippen molar-refractivity contribution in [3.05, 3.63) is 76.6 Å². The Morgan fingerprint density at radius 3 is 2.62 bits per heavy atom. The number of amides is 1. The number of benzene rings is 2. The van der Waals surface area contributed by atoms with E-state index in [0.717, 1.165) is 42.4 Å². The smallest absolute Gasteiger partial charge is 0.327 e. The summed E-state index contributed by atoms with van der Waals surface area (Å²) in [6, 6.07) is 12.6. The second-order valence-corrected chi connectivity index (χ2v) is 8.07. The van der Waals surface area contributed by atoms with E-state index in [1.165, 1.54) is 19.2 Å². The van der Waals surface area contributed by atoms with Crippen LogP contribution in [0.5, 0.6) is 5.75 Å². The molecule has 32 heavy (non-hydrogen) atoms. The first-order chi connectivity index (χ1) is 15.5. The average Bonchev–Trinajstić information content (AvgIpc) is 3.09. The van der Waals surface area contributed by atoms with E-state index < -0.39 is 18.2 Å². The summed E-state index contributed by atoms with van der Waals surface area (Å²) >= 11 is 0. The van der Waals surface area contributed by atoms with E-state index in [2.05, 4.69) is 5.32 Å². The molecule has 1 amide bonds. The Morgan fingerprint density at radius 1 is 1.16 bits per heavy atom. The Kier molecular flexibility index (Phi) is 6.55. The average molecular weight is 438 g/mol. The lowest BCUT2D eigenvalue weighted by atomic mass is 9.92. The first-order valence-electron chi connectivity index (χ1n) is 10.8. The molecule has 168 valence electrons. The van der Waals surface area contributed by atoms with Gasteiger partial charge in [0.15, 0.2) is 0 Å². The molecule has 1 aliphatic carbocycles. The lowest BCUT2D eigenvalue weighted by molar-refractivity contribution is -0.144. The third kappa shape index (κ3) is 4.39. The Bertz CT molecular complexity index is 1030. The normalized spacial score (nSPS) is 19.0. The van der Waals surface area contributed by atoms with Gasteiger partial charge in [-0.05, 0) is 66.6 Å². The molecule has 6 nitrogen and oxygen atoms in total. The lowest BCUT2D eigenvalue weighted by Gasteiger charge is -2.31. The fourth-order valence-electron chi connectivity index (χ4n) is 4.49. The molecule has 0 radical (unpaired) electrons. The van der Waals surface area contributed by atoms with Gasteiger partial charge < -0.3 is 14.4 Å². The zero-order valence-electron chi connectivity index (χ0n) is 18.3. The van der Waals surface area contributed by atoms with E-state index in [0.29, 0.717) is 17.9 Å². The molecule has 2 aliphatic rings. The quantitative estimate of drug-likeness (QED) is 0.665. The molecule has 0 bridgehead atoms. The predicted molar refractivity (Wildman–Crippen MR) is 117 cm³/mol. The molecule has 2 aromatic rings. The van der Waals surface area contributed by atoms with Crippen molar-refractivity contribution in [1.29, 1.82) is 0 Å². The van der Waals surface area contributed by atoms with Crippen LogP contribution in [0.2, 0.25) is 0 Å². The number of halogens is 1. The number of esters is 1. The highest BCUT2D eigenvalue weighted by Gasteiger charge is 2.41. The van der Waals surface area contributed by atoms with Crippen LogP contribution in [-0.4, -0.2) is 37.2 Å². The standard InChI is InChI=1S/C25H27FN2O4/c1-31-19-7-5-6-17(14-19)22(25(30)32-2)27-23-20-8-3-4-9-21(20)24(29)28(23)15-16-10-12-18(26)13-11-16/h5-7,10-14,22-23,27H,3-4,8-9,15H2,1-2H3/t22-,23+/m1/s1. The lowest BCUT2D eigenvalue weighted by Crippen LogP contribution is -2.48. The summed E-state index contributed by atoms with van der Waals surface area (Å²) in [6.45, 7) is 0.315. The van der Waals surface area contributed by atoms with Gasteiger partial charge in [-0.25, -0.2) is 9.18 Å². The maximum Gasteiger partial charge on any atom is 0.327 e. The van der Waals surface area contributed by atoms with Gasteiger partial charge in [0.25, 0.3) is 5.91 Å². The van der Waals surface area contributed by atoms with Gasteiger partial charge in [0, 0.05) is 12.1 Å². The number of hydrogen-bond donors (Lipinski definition) is 1. The molecule has 0 aromatic heterocycles. The fourth-order valence-corrected chi connectivity index (χ4v) is 4.49. The molecule has 1 aliphatic heterocycles. The molecule has 2 atom stereocenters. The van der Waals surface area contributed by atoms with Gasteiger partial charge in [-0.2, -0.15) is 0 Å². The summed E-state index contributed by atoms with van der Waals surface area (Å²) in [5.41, 5.74) is 3.36. The van der Waals surface area contributed by atoms with Gasteiger partial charge in [-0.1, -0.05) is 24.3 Å². The molecule has 2 aromatic carbocycles. The number of methoxy groups -OCH3 is 2. The van der Waals surface area contributed by atoms with Crippen molar-refractivity contribution in [2.24, 2.45) is 0 Å². The van der Waals surface area contributed by atoms with Gasteiger partial charge in [0.05, 0.1) is 14.2 Å². The minimum absolute atomic E-state index is 0.0317. The minimum atomic E-state index is -0.780. The second kappa shape index (κ2) is 9.53. The van der Waals surface area contributed by atoms with Crippen molar-refractivity contribution < 1.29 is 23.5 Å². The Balaban J connectivity index is 1.68. The van der Waals surface area contributed by atoms with Gasteiger partial charge >= 0.3 is 5.97 Å². The maximum absolute atomic E-state index is 13.4. The zero-order valence-corrected chi connectivity index (χ0v) is 18.3. The summed E-state index contributed by atoms with van der Waals surface area (Å²) in [4.78, 5) is 27.8. The van der Waals surface area contributed by atoms with Crippen LogP contribution < -0.4 is 10.1 Å². The van der Waals surface area contributed by atoms with Crippen LogP contribution in [0.15, 0.2) is 59.7 Å². The highest BCUT2D eigenvalue weighted by molar-refractivity contribution is 5.98. The molecular weight excluding hydrogens is 411 g/mol. The third-order valence-corrected chi connectivity index (χ3v) is 6.13. The molecule has 0 unspecified atom stereocenters. The SMILES string of the molecule is COC(=O)[C@H](N[C@@H]1C2=C(CCCC2)C(=O)N1Cc1ccc(F)cc1)c1cccc(OC)c1. The number of rotatable bonds is 7. The molecule has 0 fully saturated rings. The van der Waals surface area contributed by atoms with Gasteiger partial charge in [0.2, 0.25) is 0 Å². The summed E-state index contributed by atoms with van der Waals surface area (Å²) in [5, 5.41) is 3.39. The van der Waals surface area contributed by atoms with Crippen molar-refractivity contribution in [2.45, 2.75) is 44.4 Å².